The number of carboxylic acids is 1. The number of nitrogens with one attached hydrogen (secondary N) is 2. The lowest BCUT2D eigenvalue weighted by atomic mass is 9.86. The molecule has 0 aromatic heterocycles. The Morgan fingerprint density at radius 3 is 2.53 bits per heavy atom. The highest BCUT2D eigenvalue weighted by Gasteiger charge is 2.38. The van der Waals surface area contributed by atoms with Gasteiger partial charge in [-0.25, -0.2) is 4.79 Å². The molecule has 5 nitrogen and oxygen atoms in total. The van der Waals surface area contributed by atoms with Crippen LogP contribution in [0.1, 0.15) is 44.9 Å². The summed E-state index contributed by atoms with van der Waals surface area (Å²) in [6, 6.07) is -0.173. The van der Waals surface area contributed by atoms with Crippen LogP contribution in [0.2, 0.25) is 0 Å². The molecule has 3 N–H and O–H groups in total. The number of aliphatic carboxylic acids is 1. The molecule has 108 valence electrons. The van der Waals surface area contributed by atoms with E-state index in [1.54, 1.807) is 0 Å². The Bertz CT molecular complexity index is 333. The number of carbonyl (C=O) groups is 2. The van der Waals surface area contributed by atoms with E-state index < -0.39 is 5.97 Å². The van der Waals surface area contributed by atoms with Crippen LogP contribution in [0.4, 0.5) is 4.79 Å². The first-order valence-electron chi connectivity index (χ1n) is 7.38. The third kappa shape index (κ3) is 4.40. The maximum Gasteiger partial charge on any atom is 0.314 e. The second kappa shape index (κ2) is 6.78. The van der Waals surface area contributed by atoms with E-state index in [1.165, 1.54) is 25.7 Å². The highest BCUT2D eigenvalue weighted by Crippen LogP contribution is 2.49. The van der Waals surface area contributed by atoms with Crippen molar-refractivity contribution in [2.75, 3.05) is 13.1 Å². The Morgan fingerprint density at radius 1 is 1.11 bits per heavy atom. The van der Waals surface area contributed by atoms with Gasteiger partial charge in [0.25, 0.3) is 0 Å². The lowest BCUT2D eigenvalue weighted by Gasteiger charge is -2.21. The molecule has 0 spiro atoms. The first-order chi connectivity index (χ1) is 9.15. The Morgan fingerprint density at radius 2 is 1.89 bits per heavy atom. The minimum absolute atomic E-state index is 0.103. The van der Waals surface area contributed by atoms with Crippen LogP contribution in [0.25, 0.3) is 0 Å². The van der Waals surface area contributed by atoms with E-state index in [9.17, 15) is 9.59 Å². The van der Waals surface area contributed by atoms with E-state index in [2.05, 4.69) is 10.6 Å². The first-order valence-corrected chi connectivity index (χ1v) is 7.38. The van der Waals surface area contributed by atoms with Crippen LogP contribution in [0, 0.1) is 17.8 Å². The number of hydrogen-bond donors (Lipinski definition) is 3. The van der Waals surface area contributed by atoms with Crippen LogP contribution >= 0.6 is 0 Å². The Kier molecular flexibility index (Phi) is 5.05. The van der Waals surface area contributed by atoms with Crippen molar-refractivity contribution in [2.24, 2.45) is 17.8 Å². The molecule has 0 saturated heterocycles. The molecular weight excluding hydrogens is 244 g/mol. The van der Waals surface area contributed by atoms with Gasteiger partial charge < -0.3 is 15.7 Å². The first kappa shape index (κ1) is 14.2. The summed E-state index contributed by atoms with van der Waals surface area (Å²) in [6.07, 6.45) is 7.23. The van der Waals surface area contributed by atoms with Crippen molar-refractivity contribution in [1.29, 1.82) is 0 Å². The fraction of sp³-hybridized carbons (Fsp3) is 0.857. The number of amides is 2. The summed E-state index contributed by atoms with van der Waals surface area (Å²) in [5, 5.41) is 14.0. The maximum atomic E-state index is 11.5. The van der Waals surface area contributed by atoms with Gasteiger partial charge in [0.2, 0.25) is 0 Å². The Balaban J connectivity index is 1.49. The third-order valence-electron chi connectivity index (χ3n) is 4.54. The van der Waals surface area contributed by atoms with Gasteiger partial charge in [0.05, 0.1) is 0 Å². The van der Waals surface area contributed by atoms with Crippen molar-refractivity contribution in [1.82, 2.24) is 10.6 Å². The molecule has 2 aliphatic rings. The predicted octanol–water partition coefficient (Wildman–Crippen LogP) is 1.98. The van der Waals surface area contributed by atoms with Gasteiger partial charge in [-0.15, -0.1) is 0 Å². The van der Waals surface area contributed by atoms with Gasteiger partial charge in [-0.05, 0) is 49.9 Å². The molecule has 0 heterocycles. The zero-order valence-electron chi connectivity index (χ0n) is 11.4. The fourth-order valence-corrected chi connectivity index (χ4v) is 3.61. The Labute approximate surface area is 114 Å². The van der Waals surface area contributed by atoms with E-state index in [4.69, 9.17) is 5.11 Å². The van der Waals surface area contributed by atoms with Crippen molar-refractivity contribution < 1.29 is 14.7 Å². The molecule has 0 aromatic carbocycles. The van der Waals surface area contributed by atoms with Crippen LogP contribution in [0.15, 0.2) is 0 Å². The molecule has 2 fully saturated rings. The molecule has 5 heteroatoms. The zero-order chi connectivity index (χ0) is 13.7. The molecule has 3 atom stereocenters. The summed E-state index contributed by atoms with van der Waals surface area (Å²) >= 11 is 0. The number of rotatable bonds is 7. The van der Waals surface area contributed by atoms with Crippen molar-refractivity contribution >= 4 is 12.0 Å². The lowest BCUT2D eigenvalue weighted by molar-refractivity contribution is -0.137. The summed E-state index contributed by atoms with van der Waals surface area (Å²) in [5.41, 5.74) is 0. The van der Waals surface area contributed by atoms with E-state index in [0.29, 0.717) is 13.0 Å². The highest BCUT2D eigenvalue weighted by atomic mass is 16.4. The van der Waals surface area contributed by atoms with Crippen molar-refractivity contribution in [2.45, 2.75) is 44.9 Å². The molecule has 2 saturated carbocycles. The second-order valence-corrected chi connectivity index (χ2v) is 5.90. The van der Waals surface area contributed by atoms with Gasteiger partial charge >= 0.3 is 12.0 Å². The molecular formula is C14H24N2O3. The Hall–Kier alpha value is -1.26. The summed E-state index contributed by atoms with van der Waals surface area (Å²) < 4.78 is 0. The van der Waals surface area contributed by atoms with Crippen LogP contribution in [-0.4, -0.2) is 30.2 Å². The molecule has 2 aliphatic carbocycles. The summed E-state index contributed by atoms with van der Waals surface area (Å²) in [4.78, 5) is 21.7. The molecule has 0 radical (unpaired) electrons. The highest BCUT2D eigenvalue weighted by molar-refractivity contribution is 5.73. The van der Waals surface area contributed by atoms with Gasteiger partial charge in [-0.2, -0.15) is 0 Å². The molecule has 2 rings (SSSR count). The molecule has 0 aliphatic heterocycles. The number of carboxylic acid groups (broad SMARTS) is 1. The fourth-order valence-electron chi connectivity index (χ4n) is 3.61. The minimum atomic E-state index is -0.821. The van der Waals surface area contributed by atoms with Crippen LogP contribution in [-0.2, 0) is 4.79 Å². The number of carbonyl (C=O) groups excluding carboxylic acids is 1. The molecule has 3 unspecified atom stereocenters. The third-order valence-corrected chi connectivity index (χ3v) is 4.54. The van der Waals surface area contributed by atoms with Crippen molar-refractivity contribution in [3.8, 4) is 0 Å². The molecule has 2 amide bonds. The summed E-state index contributed by atoms with van der Waals surface area (Å²) in [7, 11) is 0. The van der Waals surface area contributed by atoms with Crippen molar-refractivity contribution in [3.05, 3.63) is 0 Å². The molecule has 0 aromatic rings. The SMILES string of the molecule is O=C(O)CCCNC(=O)NCCC1CC2CCC1C2. The quantitative estimate of drug-likeness (QED) is 0.618. The normalized spacial score (nSPS) is 28.3. The lowest BCUT2D eigenvalue weighted by Crippen LogP contribution is -2.37. The van der Waals surface area contributed by atoms with Gasteiger partial charge in [0, 0.05) is 19.5 Å². The average molecular weight is 268 g/mol. The predicted molar refractivity (Wildman–Crippen MR) is 71.8 cm³/mol. The van der Waals surface area contributed by atoms with Gasteiger partial charge in [0.1, 0.15) is 0 Å². The smallest absolute Gasteiger partial charge is 0.314 e. The van der Waals surface area contributed by atoms with Gasteiger partial charge in [0.15, 0.2) is 0 Å². The summed E-state index contributed by atoms with van der Waals surface area (Å²) in [6.45, 7) is 1.16. The second-order valence-electron chi connectivity index (χ2n) is 5.90. The largest absolute Gasteiger partial charge is 0.481 e. The maximum absolute atomic E-state index is 11.5. The van der Waals surface area contributed by atoms with Crippen LogP contribution in [0.5, 0.6) is 0 Å². The topological polar surface area (TPSA) is 78.4 Å². The minimum Gasteiger partial charge on any atom is -0.481 e. The van der Waals surface area contributed by atoms with E-state index in [-0.39, 0.29) is 12.5 Å². The van der Waals surface area contributed by atoms with E-state index >= 15 is 0 Å². The number of fused-ring (bicyclic) bond motifs is 2. The van der Waals surface area contributed by atoms with Gasteiger partial charge in [-0.3, -0.25) is 4.79 Å². The van der Waals surface area contributed by atoms with E-state index in [1.807, 2.05) is 0 Å². The van der Waals surface area contributed by atoms with Crippen molar-refractivity contribution in [3.63, 3.8) is 0 Å². The zero-order valence-corrected chi connectivity index (χ0v) is 11.4. The van der Waals surface area contributed by atoms with E-state index in [0.717, 1.165) is 30.7 Å². The number of urea groups is 1. The standard InChI is InChI=1S/C14H24N2O3/c17-13(18)2-1-6-15-14(19)16-7-5-12-9-10-3-4-11(12)8-10/h10-12H,1-9H2,(H,17,18)(H2,15,16,19). The number of hydrogen-bond acceptors (Lipinski definition) is 2. The molecule has 19 heavy (non-hydrogen) atoms. The monoisotopic (exact) mass is 268 g/mol. The van der Waals surface area contributed by atoms with Crippen LogP contribution in [0.3, 0.4) is 0 Å². The van der Waals surface area contributed by atoms with Crippen LogP contribution < -0.4 is 10.6 Å². The molecule has 2 bridgehead atoms. The average Bonchev–Trinajstić information content (AvgIpc) is 2.96. The summed E-state index contributed by atoms with van der Waals surface area (Å²) in [5.74, 6) is 1.86. The van der Waals surface area contributed by atoms with Gasteiger partial charge in [-0.1, -0.05) is 6.42 Å².